The molecular formula is C7H12N4O2S. The fourth-order valence-electron chi connectivity index (χ4n) is 1.05. The fraction of sp³-hybridized carbons (Fsp3) is 0.429. The van der Waals surface area contributed by atoms with Crippen molar-refractivity contribution in [2.75, 3.05) is 23.9 Å². The molecule has 6 nitrogen and oxygen atoms in total. The first-order valence-corrected chi connectivity index (χ1v) is 5.90. The number of nitrogens with two attached hydrogens (primary N) is 1. The Balaban J connectivity index is 3.37. The van der Waals surface area contributed by atoms with Gasteiger partial charge in [-0.15, -0.1) is 0 Å². The summed E-state index contributed by atoms with van der Waals surface area (Å²) in [5, 5.41) is 2.81. The maximum Gasteiger partial charge on any atom is 0.182 e. The van der Waals surface area contributed by atoms with Crippen LogP contribution >= 0.6 is 0 Å². The Hall–Kier alpha value is -1.37. The van der Waals surface area contributed by atoms with Crippen LogP contribution in [0.15, 0.2) is 11.2 Å². The van der Waals surface area contributed by atoms with E-state index in [4.69, 9.17) is 5.73 Å². The van der Waals surface area contributed by atoms with E-state index < -0.39 is 9.84 Å². The highest BCUT2D eigenvalue weighted by molar-refractivity contribution is 7.91. The Morgan fingerprint density at radius 3 is 2.64 bits per heavy atom. The molecule has 1 aromatic heterocycles. The lowest BCUT2D eigenvalue weighted by Gasteiger charge is -2.08. The third-order valence-electron chi connectivity index (χ3n) is 1.55. The van der Waals surface area contributed by atoms with E-state index in [1.165, 1.54) is 6.33 Å². The first-order chi connectivity index (χ1) is 6.46. The summed E-state index contributed by atoms with van der Waals surface area (Å²) in [5.74, 6) is 0.223. The number of rotatable bonds is 3. The van der Waals surface area contributed by atoms with Gasteiger partial charge in [0.2, 0.25) is 0 Å². The SMILES string of the molecule is CCNc1ncnc(N)c1S(C)(=O)=O. The number of nitrogens with one attached hydrogen (secondary N) is 1. The van der Waals surface area contributed by atoms with Crippen LogP contribution in [0.5, 0.6) is 0 Å². The quantitative estimate of drug-likeness (QED) is 0.731. The van der Waals surface area contributed by atoms with E-state index in [1.54, 1.807) is 0 Å². The van der Waals surface area contributed by atoms with Crippen molar-refractivity contribution in [2.24, 2.45) is 0 Å². The molecule has 3 N–H and O–H groups in total. The molecule has 7 heteroatoms. The van der Waals surface area contributed by atoms with Crippen molar-refractivity contribution in [1.29, 1.82) is 0 Å². The summed E-state index contributed by atoms with van der Waals surface area (Å²) in [6.07, 6.45) is 2.30. The van der Waals surface area contributed by atoms with Gasteiger partial charge >= 0.3 is 0 Å². The third-order valence-corrected chi connectivity index (χ3v) is 2.69. The number of aromatic nitrogens is 2. The van der Waals surface area contributed by atoms with Crippen molar-refractivity contribution < 1.29 is 8.42 Å². The molecule has 0 saturated heterocycles. The lowest BCUT2D eigenvalue weighted by molar-refractivity contribution is 0.602. The molecule has 0 unspecified atom stereocenters. The van der Waals surface area contributed by atoms with Gasteiger partial charge in [-0.2, -0.15) is 0 Å². The molecule has 0 fully saturated rings. The number of hydrogen-bond donors (Lipinski definition) is 2. The van der Waals surface area contributed by atoms with Crippen LogP contribution in [0.1, 0.15) is 6.92 Å². The second kappa shape index (κ2) is 3.79. The van der Waals surface area contributed by atoms with E-state index in [9.17, 15) is 8.42 Å². The van der Waals surface area contributed by atoms with Crippen molar-refractivity contribution >= 4 is 21.5 Å². The zero-order valence-electron chi connectivity index (χ0n) is 7.98. The number of nitrogen functional groups attached to an aromatic ring is 1. The summed E-state index contributed by atoms with van der Waals surface area (Å²) in [4.78, 5) is 7.41. The molecule has 1 rings (SSSR count). The van der Waals surface area contributed by atoms with Crippen LogP contribution in [-0.2, 0) is 9.84 Å². The predicted octanol–water partition coefficient (Wildman–Crippen LogP) is -0.106. The van der Waals surface area contributed by atoms with Crippen molar-refractivity contribution in [3.63, 3.8) is 0 Å². The Morgan fingerprint density at radius 2 is 2.14 bits per heavy atom. The van der Waals surface area contributed by atoms with Gasteiger partial charge in [-0.3, -0.25) is 0 Å². The van der Waals surface area contributed by atoms with Crippen LogP contribution in [0, 0.1) is 0 Å². The maximum absolute atomic E-state index is 11.3. The minimum atomic E-state index is -3.40. The normalized spacial score (nSPS) is 11.3. The Labute approximate surface area is 82.5 Å². The van der Waals surface area contributed by atoms with Crippen molar-refractivity contribution in [3.05, 3.63) is 6.33 Å². The largest absolute Gasteiger partial charge is 0.382 e. The number of anilines is 2. The van der Waals surface area contributed by atoms with Gasteiger partial charge in [0.05, 0.1) is 0 Å². The van der Waals surface area contributed by atoms with Gasteiger partial charge in [-0.1, -0.05) is 0 Å². The van der Waals surface area contributed by atoms with E-state index in [1.807, 2.05) is 6.92 Å². The average Bonchev–Trinajstić information content (AvgIpc) is 2.02. The molecule has 0 aliphatic carbocycles. The zero-order chi connectivity index (χ0) is 10.8. The monoisotopic (exact) mass is 216 g/mol. The lowest BCUT2D eigenvalue weighted by atomic mass is 10.5. The van der Waals surface area contributed by atoms with Gasteiger partial charge in [0.15, 0.2) is 14.7 Å². The molecule has 78 valence electrons. The van der Waals surface area contributed by atoms with Crippen LogP contribution in [0.3, 0.4) is 0 Å². The second-order valence-corrected chi connectivity index (χ2v) is 4.69. The molecule has 0 amide bonds. The molecule has 0 radical (unpaired) electrons. The molecule has 1 heterocycles. The molecule has 14 heavy (non-hydrogen) atoms. The minimum absolute atomic E-state index is 0.0292. The van der Waals surface area contributed by atoms with Crippen LogP contribution in [0.25, 0.3) is 0 Å². The topological polar surface area (TPSA) is 98.0 Å². The molecule has 0 saturated carbocycles. The Bertz CT molecular complexity index is 429. The standard InChI is InChI=1S/C7H12N4O2S/c1-3-9-7-5(14(2,12)13)6(8)10-4-11-7/h4H,3H2,1-2H3,(H3,8,9,10,11). The van der Waals surface area contributed by atoms with Gasteiger partial charge in [-0.25, -0.2) is 18.4 Å². The minimum Gasteiger partial charge on any atom is -0.382 e. The van der Waals surface area contributed by atoms with Crippen molar-refractivity contribution in [3.8, 4) is 0 Å². The van der Waals surface area contributed by atoms with E-state index in [0.29, 0.717) is 6.54 Å². The van der Waals surface area contributed by atoms with Gasteiger partial charge in [0.25, 0.3) is 0 Å². The Morgan fingerprint density at radius 1 is 1.50 bits per heavy atom. The summed E-state index contributed by atoms with van der Waals surface area (Å²) in [7, 11) is -3.40. The molecule has 1 aromatic rings. The van der Waals surface area contributed by atoms with Crippen molar-refractivity contribution in [1.82, 2.24) is 9.97 Å². The van der Waals surface area contributed by atoms with E-state index in [2.05, 4.69) is 15.3 Å². The van der Waals surface area contributed by atoms with Gasteiger partial charge in [0, 0.05) is 12.8 Å². The highest BCUT2D eigenvalue weighted by Gasteiger charge is 2.18. The molecule has 0 aromatic carbocycles. The third kappa shape index (κ3) is 2.11. The number of sulfone groups is 1. The average molecular weight is 216 g/mol. The van der Waals surface area contributed by atoms with Gasteiger partial charge < -0.3 is 11.1 Å². The van der Waals surface area contributed by atoms with Crippen LogP contribution in [0.4, 0.5) is 11.6 Å². The molecule has 0 aliphatic rings. The zero-order valence-corrected chi connectivity index (χ0v) is 8.80. The van der Waals surface area contributed by atoms with Crippen LogP contribution < -0.4 is 11.1 Å². The van der Waals surface area contributed by atoms with E-state index in [-0.39, 0.29) is 16.5 Å². The fourth-order valence-corrected chi connectivity index (χ4v) is 1.95. The predicted molar refractivity (Wildman–Crippen MR) is 53.7 cm³/mol. The highest BCUT2D eigenvalue weighted by atomic mass is 32.2. The van der Waals surface area contributed by atoms with Crippen LogP contribution in [-0.4, -0.2) is 31.2 Å². The van der Waals surface area contributed by atoms with Gasteiger partial charge in [-0.05, 0) is 6.92 Å². The highest BCUT2D eigenvalue weighted by Crippen LogP contribution is 2.22. The van der Waals surface area contributed by atoms with Crippen molar-refractivity contribution in [2.45, 2.75) is 11.8 Å². The summed E-state index contributed by atoms with van der Waals surface area (Å²) < 4.78 is 22.7. The number of nitrogens with zero attached hydrogens (tertiary/aromatic N) is 2. The Kier molecular flexibility index (Phi) is 2.90. The van der Waals surface area contributed by atoms with Gasteiger partial charge in [0.1, 0.15) is 18.0 Å². The van der Waals surface area contributed by atoms with Crippen LogP contribution in [0.2, 0.25) is 0 Å². The smallest absolute Gasteiger partial charge is 0.182 e. The molecule has 0 atom stereocenters. The molecule has 0 bridgehead atoms. The number of hydrogen-bond acceptors (Lipinski definition) is 6. The summed E-state index contributed by atoms with van der Waals surface area (Å²) >= 11 is 0. The molecular weight excluding hydrogens is 204 g/mol. The summed E-state index contributed by atoms with van der Waals surface area (Å²) in [6, 6.07) is 0. The van der Waals surface area contributed by atoms with E-state index >= 15 is 0 Å². The lowest BCUT2D eigenvalue weighted by Crippen LogP contribution is -2.11. The molecule has 0 spiro atoms. The maximum atomic E-state index is 11.3. The van der Waals surface area contributed by atoms with E-state index in [0.717, 1.165) is 6.26 Å². The second-order valence-electron chi connectivity index (χ2n) is 2.74. The first kappa shape index (κ1) is 10.7. The first-order valence-electron chi connectivity index (χ1n) is 4.01. The summed E-state index contributed by atoms with van der Waals surface area (Å²) in [5.41, 5.74) is 5.47. The summed E-state index contributed by atoms with van der Waals surface area (Å²) in [6.45, 7) is 2.41. The molecule has 0 aliphatic heterocycles.